The van der Waals surface area contributed by atoms with E-state index in [-0.39, 0.29) is 29.9 Å². The molecule has 1 aliphatic heterocycles. The lowest BCUT2D eigenvalue weighted by Gasteiger charge is -2.35. The molecule has 1 saturated heterocycles. The van der Waals surface area contributed by atoms with Crippen molar-refractivity contribution in [1.82, 2.24) is 10.2 Å². The second-order valence-corrected chi connectivity index (χ2v) is 6.14. The van der Waals surface area contributed by atoms with Gasteiger partial charge >= 0.3 is 6.36 Å². The Hall–Kier alpha value is -1.44. The Morgan fingerprint density at radius 3 is 2.58 bits per heavy atom. The van der Waals surface area contributed by atoms with E-state index in [1.54, 1.807) is 0 Å². The van der Waals surface area contributed by atoms with Gasteiger partial charge in [0, 0.05) is 37.8 Å². The summed E-state index contributed by atoms with van der Waals surface area (Å²) < 4.78 is 41.5. The fourth-order valence-corrected chi connectivity index (χ4v) is 3.15. The van der Waals surface area contributed by atoms with E-state index in [9.17, 15) is 18.3 Å². The minimum absolute atomic E-state index is 0. The topological polar surface area (TPSA) is 44.7 Å². The number of benzene rings is 1. The van der Waals surface area contributed by atoms with Crippen molar-refractivity contribution in [3.63, 3.8) is 0 Å². The van der Waals surface area contributed by atoms with E-state index >= 15 is 0 Å². The molecule has 0 aliphatic carbocycles. The minimum Gasteiger partial charge on any atom is -0.508 e. The number of nitrogens with zero attached hydrogens (tertiary/aromatic N) is 1. The van der Waals surface area contributed by atoms with Crippen LogP contribution in [-0.2, 0) is 0 Å². The smallest absolute Gasteiger partial charge is 0.508 e. The van der Waals surface area contributed by atoms with Gasteiger partial charge in [0.05, 0.1) is 0 Å². The van der Waals surface area contributed by atoms with Crippen LogP contribution >= 0.6 is 12.4 Å². The van der Waals surface area contributed by atoms with Crippen LogP contribution in [0.25, 0.3) is 0 Å². The van der Waals surface area contributed by atoms with Crippen molar-refractivity contribution in [2.75, 3.05) is 26.2 Å². The molecule has 1 aliphatic rings. The monoisotopic (exact) mass is 394 g/mol. The van der Waals surface area contributed by atoms with E-state index in [4.69, 9.17) is 0 Å². The van der Waals surface area contributed by atoms with Gasteiger partial charge in [-0.2, -0.15) is 0 Å². The van der Waals surface area contributed by atoms with Crippen molar-refractivity contribution in [2.24, 2.45) is 0 Å². The molecule has 1 aromatic carbocycles. The molecule has 8 heteroatoms. The molecule has 0 aromatic heterocycles. The van der Waals surface area contributed by atoms with Gasteiger partial charge in [-0.3, -0.25) is 4.90 Å². The Balaban J connectivity index is 0.00000338. The third-order valence-electron chi connectivity index (χ3n) is 4.32. The fourth-order valence-electron chi connectivity index (χ4n) is 3.15. The molecule has 148 valence electrons. The van der Waals surface area contributed by atoms with Crippen LogP contribution in [0.3, 0.4) is 0 Å². The average molecular weight is 395 g/mol. The Labute approximate surface area is 158 Å². The Morgan fingerprint density at radius 2 is 1.96 bits per heavy atom. The number of allylic oxidation sites excluding steroid dienone is 1. The second kappa shape index (κ2) is 10.6. The summed E-state index contributed by atoms with van der Waals surface area (Å²) in [6, 6.07) is 3.58. The number of alkyl halides is 3. The fraction of sp³-hybridized carbons (Fsp3) is 0.556. The molecule has 0 saturated carbocycles. The van der Waals surface area contributed by atoms with Gasteiger partial charge in [0.15, 0.2) is 0 Å². The van der Waals surface area contributed by atoms with E-state index < -0.39 is 6.36 Å². The number of aromatic hydroxyl groups is 1. The van der Waals surface area contributed by atoms with Crippen LogP contribution in [0.2, 0.25) is 0 Å². The lowest BCUT2D eigenvalue weighted by molar-refractivity contribution is -0.274. The van der Waals surface area contributed by atoms with Gasteiger partial charge in [0.25, 0.3) is 0 Å². The summed E-state index contributed by atoms with van der Waals surface area (Å²) in [5.74, 6) is -0.298. The summed E-state index contributed by atoms with van der Waals surface area (Å²) in [5.41, 5.74) is 0.488. The molecular formula is C18H26ClF3N2O2. The minimum atomic E-state index is -4.75. The first kappa shape index (κ1) is 22.6. The van der Waals surface area contributed by atoms with Crippen molar-refractivity contribution >= 4 is 12.4 Å². The molecule has 0 spiro atoms. The van der Waals surface area contributed by atoms with E-state index in [0.717, 1.165) is 57.9 Å². The van der Waals surface area contributed by atoms with Crippen molar-refractivity contribution in [2.45, 2.75) is 38.1 Å². The molecule has 2 rings (SSSR count). The van der Waals surface area contributed by atoms with Crippen LogP contribution in [0, 0.1) is 0 Å². The third kappa shape index (κ3) is 7.05. The molecule has 0 radical (unpaired) electrons. The number of unbranched alkanes of at least 4 members (excludes halogenated alkanes) is 2. The van der Waals surface area contributed by atoms with Crippen molar-refractivity contribution in [1.29, 1.82) is 0 Å². The first-order valence-corrected chi connectivity index (χ1v) is 8.55. The molecule has 4 nitrogen and oxygen atoms in total. The van der Waals surface area contributed by atoms with E-state index in [1.165, 1.54) is 12.1 Å². The number of rotatable bonds is 8. The predicted octanol–water partition coefficient (Wildman–Crippen LogP) is 4.41. The van der Waals surface area contributed by atoms with E-state index in [0.29, 0.717) is 5.56 Å². The zero-order valence-corrected chi connectivity index (χ0v) is 15.4. The highest BCUT2D eigenvalue weighted by Crippen LogP contribution is 2.36. The lowest BCUT2D eigenvalue weighted by Crippen LogP contribution is -2.45. The summed E-state index contributed by atoms with van der Waals surface area (Å²) in [6.07, 6.45) is 0.641. The van der Waals surface area contributed by atoms with Gasteiger partial charge in [-0.05, 0) is 37.5 Å². The summed E-state index contributed by atoms with van der Waals surface area (Å²) in [5, 5.41) is 13.5. The number of phenols is 1. The molecule has 1 fully saturated rings. The van der Waals surface area contributed by atoms with Crippen LogP contribution in [-0.4, -0.2) is 42.5 Å². The average Bonchev–Trinajstić information content (AvgIpc) is 2.57. The molecule has 0 bridgehead atoms. The molecule has 1 heterocycles. The number of halogens is 4. The zero-order chi connectivity index (χ0) is 18.3. The molecule has 26 heavy (non-hydrogen) atoms. The highest BCUT2D eigenvalue weighted by molar-refractivity contribution is 5.85. The highest BCUT2D eigenvalue weighted by atomic mass is 35.5. The van der Waals surface area contributed by atoms with Crippen LogP contribution in [0.4, 0.5) is 13.2 Å². The van der Waals surface area contributed by atoms with Gasteiger partial charge < -0.3 is 15.2 Å². The number of piperazine rings is 1. The molecule has 0 unspecified atom stereocenters. The Bertz CT molecular complexity index is 564. The number of nitrogens with one attached hydrogen (secondary N) is 1. The molecule has 1 aromatic rings. The van der Waals surface area contributed by atoms with Crippen molar-refractivity contribution in [3.05, 3.63) is 36.4 Å². The van der Waals surface area contributed by atoms with Gasteiger partial charge in [-0.25, -0.2) is 0 Å². The lowest BCUT2D eigenvalue weighted by atomic mass is 9.97. The summed E-state index contributed by atoms with van der Waals surface area (Å²) >= 11 is 0. The number of hydrogen-bond donors (Lipinski definition) is 2. The van der Waals surface area contributed by atoms with Gasteiger partial charge in [-0.15, -0.1) is 32.2 Å². The number of phenolic OH excluding ortho intramolecular Hbond substituents is 1. The molecule has 2 N–H and O–H groups in total. The third-order valence-corrected chi connectivity index (χ3v) is 4.32. The van der Waals surface area contributed by atoms with Gasteiger partial charge in [0.2, 0.25) is 0 Å². The van der Waals surface area contributed by atoms with E-state index in [2.05, 4.69) is 21.5 Å². The molecule has 0 amide bonds. The number of ether oxygens (including phenoxy) is 1. The molecule has 1 atom stereocenters. The quantitative estimate of drug-likeness (QED) is 0.506. The van der Waals surface area contributed by atoms with Crippen molar-refractivity contribution in [3.8, 4) is 11.5 Å². The maximum absolute atomic E-state index is 12.5. The Morgan fingerprint density at radius 1 is 1.27 bits per heavy atom. The standard InChI is InChI=1S/C18H25F3N2O2.ClH/c1-2-3-4-5-6-16(23-11-9-22-10-12-23)15-13-14(7-8-17(15)24)25-18(19,20)21;/h2,7-8,13,16,22,24H,1,3-6,9-12H2;1H/t16-;/m1./s1. The predicted molar refractivity (Wildman–Crippen MR) is 97.9 cm³/mol. The highest BCUT2D eigenvalue weighted by Gasteiger charge is 2.32. The SMILES string of the molecule is C=CCCCC[C@H](c1cc(OC(F)(F)F)ccc1O)N1CCNCC1.Cl. The second-order valence-electron chi connectivity index (χ2n) is 6.14. The number of hydrogen-bond acceptors (Lipinski definition) is 4. The summed E-state index contributed by atoms with van der Waals surface area (Å²) in [4.78, 5) is 2.21. The van der Waals surface area contributed by atoms with Crippen LogP contribution in [0.1, 0.15) is 37.3 Å². The van der Waals surface area contributed by atoms with E-state index in [1.807, 2.05) is 6.08 Å². The molecular weight excluding hydrogens is 369 g/mol. The normalized spacial score (nSPS) is 16.6. The first-order valence-electron chi connectivity index (χ1n) is 8.55. The first-order chi connectivity index (χ1) is 11.9. The van der Waals surface area contributed by atoms with Crippen LogP contribution in [0.15, 0.2) is 30.9 Å². The maximum Gasteiger partial charge on any atom is 0.573 e. The van der Waals surface area contributed by atoms with Crippen LogP contribution in [0.5, 0.6) is 11.5 Å². The van der Waals surface area contributed by atoms with Gasteiger partial charge in [-0.1, -0.05) is 12.5 Å². The summed E-state index contributed by atoms with van der Waals surface area (Å²) in [7, 11) is 0. The van der Waals surface area contributed by atoms with Gasteiger partial charge in [0.1, 0.15) is 11.5 Å². The largest absolute Gasteiger partial charge is 0.573 e. The summed E-state index contributed by atoms with van der Waals surface area (Å²) in [6.45, 7) is 6.92. The van der Waals surface area contributed by atoms with Crippen LogP contribution < -0.4 is 10.1 Å². The zero-order valence-electron chi connectivity index (χ0n) is 14.6. The Kier molecular flexibility index (Phi) is 9.25. The van der Waals surface area contributed by atoms with Crippen molar-refractivity contribution < 1.29 is 23.0 Å². The maximum atomic E-state index is 12.5.